The van der Waals surface area contributed by atoms with Crippen LogP contribution in [0, 0.1) is 0 Å². The number of ether oxygens (including phenoxy) is 4. The molecule has 2 saturated heterocycles. The van der Waals surface area contributed by atoms with E-state index in [1.54, 1.807) is 0 Å². The monoisotopic (exact) mass is 591 g/mol. The van der Waals surface area contributed by atoms with Crippen LogP contribution in [-0.4, -0.2) is 136 Å². The fraction of sp³-hybridized carbons (Fsp3) is 1.00. The summed E-state index contributed by atoms with van der Waals surface area (Å²) in [5.41, 5.74) is 0. The van der Waals surface area contributed by atoms with Crippen LogP contribution in [0.25, 0.3) is 0 Å². The first kappa shape index (κ1) is 31.5. The highest BCUT2D eigenvalue weighted by Crippen LogP contribution is 2.33. The highest BCUT2D eigenvalue weighted by Gasteiger charge is 2.53. The zero-order valence-corrected chi connectivity index (χ0v) is 20.7. The molecular weight excluding hydrogens is 568 g/mol. The van der Waals surface area contributed by atoms with Crippen molar-refractivity contribution in [3.05, 3.63) is 0 Å². The molecule has 0 bridgehead atoms. The lowest BCUT2D eigenvalue weighted by Gasteiger charge is -2.48. The summed E-state index contributed by atoms with van der Waals surface area (Å²) in [6, 6.07) is 0. The summed E-state index contributed by atoms with van der Waals surface area (Å²) in [5.74, 6) is 0. The topological polar surface area (TPSA) is 297 Å². The molecule has 0 aromatic rings. The van der Waals surface area contributed by atoms with Crippen molar-refractivity contribution in [2.75, 3.05) is 20.3 Å². The molecule has 2 heterocycles. The number of rotatable bonds is 11. The molecule has 10 unspecified atom stereocenters. The number of aliphatic hydroxyl groups excluding tert-OH is 3. The Kier molecular flexibility index (Phi) is 10.5. The Hall–Kier alpha value is -0.670. The lowest BCUT2D eigenvalue weighted by atomic mass is 9.95. The van der Waals surface area contributed by atoms with Gasteiger partial charge in [0.1, 0.15) is 42.7 Å². The largest absolute Gasteiger partial charge is 0.726 e. The molecule has 0 aliphatic carbocycles. The number of hydrogen-bond donors (Lipinski definition) is 3. The van der Waals surface area contributed by atoms with Gasteiger partial charge in [-0.05, 0) is 6.92 Å². The molecule has 0 radical (unpaired) electrons. The Morgan fingerprint density at radius 1 is 0.778 bits per heavy atom. The van der Waals surface area contributed by atoms with Gasteiger partial charge in [0.05, 0.1) is 19.3 Å². The van der Waals surface area contributed by atoms with Crippen LogP contribution in [0.2, 0.25) is 0 Å². The smallest absolute Gasteiger partial charge is 0.218 e. The van der Waals surface area contributed by atoms with Crippen molar-refractivity contribution in [1.29, 1.82) is 0 Å². The molecule has 0 spiro atoms. The fourth-order valence-electron chi connectivity index (χ4n) is 3.66. The van der Waals surface area contributed by atoms with Crippen LogP contribution in [-0.2, 0) is 62.7 Å². The summed E-state index contributed by atoms with van der Waals surface area (Å²) in [5, 5.41) is 30.4. The van der Waals surface area contributed by atoms with Crippen molar-refractivity contribution in [3.8, 4) is 0 Å². The molecule has 19 nitrogen and oxygen atoms in total. The van der Waals surface area contributed by atoms with Crippen LogP contribution < -0.4 is 0 Å². The minimum Gasteiger partial charge on any atom is -0.726 e. The van der Waals surface area contributed by atoms with Gasteiger partial charge in [0.15, 0.2) is 12.4 Å². The molecule has 0 amide bonds. The zero-order chi connectivity index (χ0) is 27.6. The summed E-state index contributed by atoms with van der Waals surface area (Å²) in [7, 11) is -15.4. The highest BCUT2D eigenvalue weighted by molar-refractivity contribution is 7.81. The van der Waals surface area contributed by atoms with Gasteiger partial charge in [0, 0.05) is 7.11 Å². The van der Waals surface area contributed by atoms with Gasteiger partial charge in [-0.1, -0.05) is 0 Å². The average molecular weight is 592 g/mol. The molecule has 0 aromatic heterocycles. The van der Waals surface area contributed by atoms with E-state index < -0.39 is 106 Å². The van der Waals surface area contributed by atoms with Gasteiger partial charge < -0.3 is 47.9 Å². The van der Waals surface area contributed by atoms with Crippen molar-refractivity contribution in [2.45, 2.75) is 68.1 Å². The third-order valence-electron chi connectivity index (χ3n) is 5.09. The SMILES string of the molecule is COC1C(O)C(CO)OC(OC2C(COS(=O)(=O)[O-])OC(C)C(OS(=O)(=O)[O-])C2O)C1OS(=O)(=O)[O-]. The molecule has 0 saturated carbocycles. The van der Waals surface area contributed by atoms with Gasteiger partial charge >= 0.3 is 0 Å². The standard InChI is InChI=1S/C14H26O19S3/c1-5-10(32-35(21,22)23)9(17)11(7(29-5)4-28-34(18,19)20)31-14-13(33-36(24,25)26)12(27-2)8(16)6(3-15)30-14/h5-17H,3-4H2,1-2H3,(H,18,19,20)(H,21,22,23)(H,24,25,26)/p-3. The summed E-state index contributed by atoms with van der Waals surface area (Å²) >= 11 is 0. The maximum Gasteiger partial charge on any atom is 0.218 e. The van der Waals surface area contributed by atoms with Gasteiger partial charge in [0.2, 0.25) is 31.2 Å². The predicted molar refractivity (Wildman–Crippen MR) is 103 cm³/mol. The van der Waals surface area contributed by atoms with Crippen LogP contribution in [0.3, 0.4) is 0 Å². The first-order valence-corrected chi connectivity index (χ1v) is 13.7. The average Bonchev–Trinajstić information content (AvgIpc) is 2.71. The third kappa shape index (κ3) is 8.69. The molecule has 36 heavy (non-hydrogen) atoms. The van der Waals surface area contributed by atoms with Gasteiger partial charge in [-0.3, -0.25) is 12.5 Å². The number of aliphatic hydroxyl groups is 3. The Bertz CT molecular complexity index is 1040. The first-order valence-electron chi connectivity index (χ1n) is 9.71. The van der Waals surface area contributed by atoms with Crippen LogP contribution in [0.15, 0.2) is 0 Å². The second kappa shape index (κ2) is 12.0. The molecule has 0 aromatic carbocycles. The van der Waals surface area contributed by atoms with Crippen LogP contribution in [0.4, 0.5) is 0 Å². The van der Waals surface area contributed by atoms with Crippen molar-refractivity contribution in [1.82, 2.24) is 0 Å². The van der Waals surface area contributed by atoms with E-state index in [1.165, 1.54) is 0 Å². The normalized spacial score (nSPS) is 38.7. The molecule has 10 atom stereocenters. The minimum absolute atomic E-state index is 0.917. The second-order valence-electron chi connectivity index (χ2n) is 7.52. The Labute approximate surface area is 205 Å². The number of hydrogen-bond acceptors (Lipinski definition) is 19. The zero-order valence-electron chi connectivity index (χ0n) is 18.3. The molecule has 22 heteroatoms. The van der Waals surface area contributed by atoms with Crippen molar-refractivity contribution in [2.24, 2.45) is 0 Å². The third-order valence-corrected chi connectivity index (χ3v) is 6.43. The Morgan fingerprint density at radius 2 is 1.33 bits per heavy atom. The molecule has 214 valence electrons. The van der Waals surface area contributed by atoms with Crippen LogP contribution in [0.5, 0.6) is 0 Å². The summed E-state index contributed by atoms with van der Waals surface area (Å²) in [4.78, 5) is 0. The maximum absolute atomic E-state index is 11.3. The van der Waals surface area contributed by atoms with E-state index in [2.05, 4.69) is 12.5 Å². The van der Waals surface area contributed by atoms with E-state index in [0.29, 0.717) is 0 Å². The number of methoxy groups -OCH3 is 1. The quantitative estimate of drug-likeness (QED) is 0.149. The van der Waals surface area contributed by atoms with E-state index in [-0.39, 0.29) is 0 Å². The summed E-state index contributed by atoms with van der Waals surface area (Å²) in [6.45, 7) is -0.966. The molecular formula is C14H23O19S3-3. The predicted octanol–water partition coefficient (Wildman–Crippen LogP) is -5.22. The second-order valence-corrected chi connectivity index (χ2v) is 10.6. The lowest BCUT2D eigenvalue weighted by Crippen LogP contribution is -2.65. The molecule has 2 fully saturated rings. The molecule has 2 aliphatic heterocycles. The van der Waals surface area contributed by atoms with Gasteiger partial charge in [-0.15, -0.1) is 0 Å². The fourth-order valence-corrected chi connectivity index (χ4v) is 4.97. The maximum atomic E-state index is 11.3. The lowest BCUT2D eigenvalue weighted by molar-refractivity contribution is -0.337. The Morgan fingerprint density at radius 3 is 1.81 bits per heavy atom. The van der Waals surface area contributed by atoms with E-state index in [0.717, 1.165) is 14.0 Å². The van der Waals surface area contributed by atoms with Gasteiger partial charge in [-0.2, -0.15) is 0 Å². The molecule has 2 aliphatic rings. The van der Waals surface area contributed by atoms with Crippen LogP contribution >= 0.6 is 0 Å². The minimum atomic E-state index is -5.54. The van der Waals surface area contributed by atoms with Gasteiger partial charge in [-0.25, -0.2) is 25.3 Å². The summed E-state index contributed by atoms with van der Waals surface area (Å²) < 4.78 is 133. The highest BCUT2D eigenvalue weighted by atomic mass is 32.3. The Balaban J connectivity index is 2.46. The van der Waals surface area contributed by atoms with E-state index >= 15 is 0 Å². The van der Waals surface area contributed by atoms with Crippen molar-refractivity contribution >= 4 is 31.2 Å². The molecule has 2 rings (SSSR count). The van der Waals surface area contributed by atoms with Crippen LogP contribution in [0.1, 0.15) is 6.92 Å². The van der Waals surface area contributed by atoms with Crippen molar-refractivity contribution in [3.63, 3.8) is 0 Å². The first-order chi connectivity index (χ1) is 16.4. The van der Waals surface area contributed by atoms with Gasteiger partial charge in [0.25, 0.3) is 0 Å². The van der Waals surface area contributed by atoms with E-state index in [1.807, 2.05) is 0 Å². The van der Waals surface area contributed by atoms with E-state index in [4.69, 9.17) is 18.9 Å². The van der Waals surface area contributed by atoms with E-state index in [9.17, 15) is 54.2 Å². The summed E-state index contributed by atoms with van der Waals surface area (Å²) in [6.07, 6.45) is -18.7. The molecule has 3 N–H and O–H groups in total. The van der Waals surface area contributed by atoms with Crippen molar-refractivity contribution < 1.29 is 85.7 Å².